The SMILES string of the molecule is O=c1[nH][nH]c(=S)n1-c1cc(C(F)(F)F)ccc1Br. The fourth-order valence-electron chi connectivity index (χ4n) is 1.39. The van der Waals surface area contributed by atoms with Gasteiger partial charge in [-0.25, -0.2) is 14.5 Å². The maximum atomic E-state index is 12.6. The number of aromatic nitrogens is 3. The van der Waals surface area contributed by atoms with E-state index < -0.39 is 17.4 Å². The lowest BCUT2D eigenvalue weighted by molar-refractivity contribution is -0.137. The summed E-state index contributed by atoms with van der Waals surface area (Å²) in [5.41, 5.74) is -1.47. The van der Waals surface area contributed by atoms with Crippen molar-refractivity contribution < 1.29 is 13.2 Å². The number of rotatable bonds is 1. The Morgan fingerprint density at radius 3 is 2.44 bits per heavy atom. The molecule has 0 saturated carbocycles. The van der Waals surface area contributed by atoms with Crippen LogP contribution in [0.1, 0.15) is 5.56 Å². The normalized spacial score (nSPS) is 11.8. The van der Waals surface area contributed by atoms with Gasteiger partial charge in [0.05, 0.1) is 11.3 Å². The lowest BCUT2D eigenvalue weighted by Gasteiger charge is -2.10. The molecule has 0 bridgehead atoms. The maximum Gasteiger partial charge on any atom is 0.416 e. The number of H-pyrrole nitrogens is 2. The van der Waals surface area contributed by atoms with Gasteiger partial charge in [-0.3, -0.25) is 5.10 Å². The Morgan fingerprint density at radius 2 is 1.94 bits per heavy atom. The van der Waals surface area contributed by atoms with Crippen LogP contribution in [0.3, 0.4) is 0 Å². The molecule has 18 heavy (non-hydrogen) atoms. The standard InChI is InChI=1S/C9H5BrF3N3OS/c10-5-2-1-4(9(11,12)13)3-6(5)16-7(17)14-15-8(16)18/h1-3H,(H,14,17)(H,15,18). The molecular formula is C9H5BrF3N3OS. The number of nitrogens with one attached hydrogen (secondary N) is 2. The summed E-state index contributed by atoms with van der Waals surface area (Å²) in [5.74, 6) is 0. The van der Waals surface area contributed by atoms with E-state index in [4.69, 9.17) is 12.2 Å². The topological polar surface area (TPSA) is 53.6 Å². The molecule has 96 valence electrons. The highest BCUT2D eigenvalue weighted by molar-refractivity contribution is 9.10. The van der Waals surface area contributed by atoms with E-state index in [2.05, 4.69) is 26.1 Å². The van der Waals surface area contributed by atoms with E-state index in [1.54, 1.807) is 0 Å². The van der Waals surface area contributed by atoms with Crippen LogP contribution in [0, 0.1) is 4.77 Å². The van der Waals surface area contributed by atoms with Gasteiger partial charge < -0.3 is 0 Å². The van der Waals surface area contributed by atoms with Crippen LogP contribution in [-0.2, 0) is 6.18 Å². The summed E-state index contributed by atoms with van der Waals surface area (Å²) in [6, 6.07) is 2.98. The molecule has 1 heterocycles. The first-order valence-electron chi connectivity index (χ1n) is 4.57. The number of hydrogen-bond acceptors (Lipinski definition) is 2. The largest absolute Gasteiger partial charge is 0.416 e. The van der Waals surface area contributed by atoms with Crippen molar-refractivity contribution >= 4 is 28.1 Å². The van der Waals surface area contributed by atoms with E-state index in [0.29, 0.717) is 4.47 Å². The van der Waals surface area contributed by atoms with E-state index in [0.717, 1.165) is 16.7 Å². The third-order valence-corrected chi connectivity index (χ3v) is 3.15. The zero-order chi connectivity index (χ0) is 13.5. The molecule has 2 rings (SSSR count). The van der Waals surface area contributed by atoms with Crippen LogP contribution in [0.5, 0.6) is 0 Å². The van der Waals surface area contributed by atoms with Crippen molar-refractivity contribution in [3.63, 3.8) is 0 Å². The summed E-state index contributed by atoms with van der Waals surface area (Å²) in [5, 5.41) is 4.56. The van der Waals surface area contributed by atoms with Gasteiger partial charge in [0.15, 0.2) is 0 Å². The summed E-state index contributed by atoms with van der Waals surface area (Å²) in [7, 11) is 0. The summed E-state index contributed by atoms with van der Waals surface area (Å²) in [6.07, 6.45) is -4.49. The quantitative estimate of drug-likeness (QED) is 0.784. The second-order valence-corrected chi connectivity index (χ2v) is 4.60. The number of benzene rings is 1. The lowest BCUT2D eigenvalue weighted by atomic mass is 10.2. The van der Waals surface area contributed by atoms with E-state index in [-0.39, 0.29) is 10.5 Å². The third kappa shape index (κ3) is 2.27. The average Bonchev–Trinajstić information content (AvgIpc) is 2.58. The van der Waals surface area contributed by atoms with E-state index in [1.807, 2.05) is 0 Å². The number of hydrogen-bond donors (Lipinski definition) is 2. The van der Waals surface area contributed by atoms with Crippen molar-refractivity contribution in [3.05, 3.63) is 43.5 Å². The molecule has 9 heteroatoms. The van der Waals surface area contributed by atoms with Gasteiger partial charge in [-0.1, -0.05) is 0 Å². The molecule has 0 aliphatic heterocycles. The molecule has 0 spiro atoms. The molecule has 0 aliphatic rings. The Kier molecular flexibility index (Phi) is 3.20. The van der Waals surface area contributed by atoms with Crippen LogP contribution in [0.25, 0.3) is 5.69 Å². The minimum atomic E-state index is -4.49. The zero-order valence-corrected chi connectivity index (χ0v) is 10.9. The van der Waals surface area contributed by atoms with Gasteiger partial charge in [0, 0.05) is 4.47 Å². The van der Waals surface area contributed by atoms with Crippen molar-refractivity contribution in [2.75, 3.05) is 0 Å². The molecular weight excluding hydrogens is 335 g/mol. The predicted molar refractivity (Wildman–Crippen MR) is 64.3 cm³/mol. The molecule has 1 aromatic carbocycles. The predicted octanol–water partition coefficient (Wildman–Crippen LogP) is 3.00. The maximum absolute atomic E-state index is 12.6. The average molecular weight is 340 g/mol. The molecule has 0 atom stereocenters. The van der Waals surface area contributed by atoms with Crippen LogP contribution in [0.4, 0.5) is 13.2 Å². The Labute approximate surface area is 112 Å². The molecule has 2 aromatic rings. The smallest absolute Gasteiger partial charge is 0.272 e. The van der Waals surface area contributed by atoms with Crippen molar-refractivity contribution in [2.45, 2.75) is 6.18 Å². The van der Waals surface area contributed by atoms with Crippen molar-refractivity contribution in [2.24, 2.45) is 0 Å². The van der Waals surface area contributed by atoms with Gasteiger partial charge >= 0.3 is 11.9 Å². The summed E-state index contributed by atoms with van der Waals surface area (Å²) in [4.78, 5) is 11.5. The molecule has 0 unspecified atom stereocenters. The van der Waals surface area contributed by atoms with Gasteiger partial charge in [0.2, 0.25) is 4.77 Å². The molecule has 1 aromatic heterocycles. The van der Waals surface area contributed by atoms with Crippen LogP contribution < -0.4 is 5.69 Å². The van der Waals surface area contributed by atoms with Crippen LogP contribution >= 0.6 is 28.1 Å². The Hall–Kier alpha value is -1.35. The molecule has 4 nitrogen and oxygen atoms in total. The molecule has 0 fully saturated rings. The zero-order valence-electron chi connectivity index (χ0n) is 8.51. The monoisotopic (exact) mass is 339 g/mol. The van der Waals surface area contributed by atoms with Crippen molar-refractivity contribution in [3.8, 4) is 5.69 Å². The first kappa shape index (κ1) is 13.1. The van der Waals surface area contributed by atoms with E-state index in [9.17, 15) is 18.0 Å². The van der Waals surface area contributed by atoms with Crippen molar-refractivity contribution in [1.82, 2.24) is 14.8 Å². The number of alkyl halides is 3. The highest BCUT2D eigenvalue weighted by atomic mass is 79.9. The highest BCUT2D eigenvalue weighted by Gasteiger charge is 2.31. The Bertz CT molecular complexity index is 673. The molecule has 0 amide bonds. The highest BCUT2D eigenvalue weighted by Crippen LogP contribution is 2.32. The first-order chi connectivity index (χ1) is 8.30. The number of aromatic amines is 2. The van der Waals surface area contributed by atoms with Gasteiger partial charge in [-0.15, -0.1) is 0 Å². The summed E-state index contributed by atoms with van der Waals surface area (Å²) in [6.45, 7) is 0. The minimum Gasteiger partial charge on any atom is -0.272 e. The fraction of sp³-hybridized carbons (Fsp3) is 0.111. The number of halogens is 4. The van der Waals surface area contributed by atoms with E-state index in [1.165, 1.54) is 6.07 Å². The second kappa shape index (κ2) is 4.39. The molecule has 0 aliphatic carbocycles. The minimum absolute atomic E-state index is 0.0139. The molecule has 0 saturated heterocycles. The van der Waals surface area contributed by atoms with Gasteiger partial charge in [0.25, 0.3) is 0 Å². The van der Waals surface area contributed by atoms with Crippen LogP contribution in [0.15, 0.2) is 27.5 Å². The molecule has 0 radical (unpaired) electrons. The summed E-state index contributed by atoms with van der Waals surface area (Å²) >= 11 is 7.91. The van der Waals surface area contributed by atoms with E-state index >= 15 is 0 Å². The number of nitrogens with zero attached hydrogens (tertiary/aromatic N) is 1. The third-order valence-electron chi connectivity index (χ3n) is 2.20. The van der Waals surface area contributed by atoms with Gasteiger partial charge in [-0.05, 0) is 46.3 Å². The second-order valence-electron chi connectivity index (χ2n) is 3.36. The first-order valence-corrected chi connectivity index (χ1v) is 5.77. The van der Waals surface area contributed by atoms with Crippen LogP contribution in [0.2, 0.25) is 0 Å². The van der Waals surface area contributed by atoms with Gasteiger partial charge in [0.1, 0.15) is 0 Å². The molecule has 2 N–H and O–H groups in total. The fourth-order valence-corrected chi connectivity index (χ4v) is 2.05. The summed E-state index contributed by atoms with van der Waals surface area (Å²) < 4.78 is 39.0. The Morgan fingerprint density at radius 1 is 1.28 bits per heavy atom. The van der Waals surface area contributed by atoms with Crippen molar-refractivity contribution in [1.29, 1.82) is 0 Å². The van der Waals surface area contributed by atoms with Crippen LogP contribution in [-0.4, -0.2) is 14.8 Å². The Balaban J connectivity index is 2.73. The van der Waals surface area contributed by atoms with Gasteiger partial charge in [-0.2, -0.15) is 13.2 Å². The lowest BCUT2D eigenvalue weighted by Crippen LogP contribution is -2.16.